The molecule has 0 aromatic heterocycles. The number of benzene rings is 2. The van der Waals surface area contributed by atoms with Crippen molar-refractivity contribution < 1.29 is 32.6 Å². The molecule has 0 bridgehead atoms. The molecule has 43 heavy (non-hydrogen) atoms. The molecule has 1 amide bonds. The number of hydrogen-bond acceptors (Lipinski definition) is 7. The van der Waals surface area contributed by atoms with E-state index in [0.717, 1.165) is 42.5 Å². The van der Waals surface area contributed by atoms with Gasteiger partial charge >= 0.3 is 5.97 Å². The Labute approximate surface area is 255 Å². The van der Waals surface area contributed by atoms with E-state index in [4.69, 9.17) is 9.47 Å². The highest BCUT2D eigenvalue weighted by Crippen LogP contribution is 2.31. The lowest BCUT2D eigenvalue weighted by molar-refractivity contribution is -0.139. The number of carboxylic acids is 1. The zero-order valence-corrected chi connectivity index (χ0v) is 26.4. The predicted molar refractivity (Wildman–Crippen MR) is 167 cm³/mol. The highest BCUT2D eigenvalue weighted by atomic mass is 32.2. The van der Waals surface area contributed by atoms with Crippen LogP contribution in [0.4, 0.5) is 0 Å². The van der Waals surface area contributed by atoms with Gasteiger partial charge in [0.25, 0.3) is 5.91 Å². The monoisotopic (exact) mass is 614 g/mol. The Balaban J connectivity index is 1.54. The van der Waals surface area contributed by atoms with Crippen molar-refractivity contribution in [3.63, 3.8) is 0 Å². The summed E-state index contributed by atoms with van der Waals surface area (Å²) in [5.74, 6) is -1.51. The largest absolute Gasteiger partial charge is 0.480 e. The topological polar surface area (TPSA) is 122 Å². The standard InChI is InChI=1S/C33H46N2O7S/c1-23-9-7-8-12-28(23)30-17-25(13-14-29(30)32(36)34-31(33(37)38)15-16-43(3,39)40)19-35-20-27(18-26(35)22-41-2)42-21-24-10-5-4-6-11-24/h7-9,12-14,17,24,26-27,31H,4-6,10-11,15-16,18-22H2,1-3H3,(H,34,36)(H,37,38)/t26-,27?,31?/m0/s1. The molecular weight excluding hydrogens is 568 g/mol. The van der Waals surface area contributed by atoms with Crippen LogP contribution in [0.2, 0.25) is 0 Å². The Morgan fingerprint density at radius 1 is 1.07 bits per heavy atom. The summed E-state index contributed by atoms with van der Waals surface area (Å²) in [6.45, 7) is 4.87. The first kappa shape index (κ1) is 33.1. The van der Waals surface area contributed by atoms with Crippen LogP contribution in [0.3, 0.4) is 0 Å². The molecule has 10 heteroatoms. The molecule has 4 rings (SSSR count). The molecule has 2 aromatic carbocycles. The maximum Gasteiger partial charge on any atom is 0.326 e. The number of methoxy groups -OCH3 is 1. The number of nitrogens with one attached hydrogen (secondary N) is 1. The third-order valence-corrected chi connectivity index (χ3v) is 9.65. The number of rotatable bonds is 14. The van der Waals surface area contributed by atoms with Crippen molar-refractivity contribution in [2.45, 2.75) is 76.6 Å². The lowest BCUT2D eigenvalue weighted by Gasteiger charge is -2.25. The average Bonchev–Trinajstić information content (AvgIpc) is 3.35. The van der Waals surface area contributed by atoms with E-state index in [-0.39, 0.29) is 24.3 Å². The van der Waals surface area contributed by atoms with Gasteiger partial charge in [0.15, 0.2) is 0 Å². The van der Waals surface area contributed by atoms with Gasteiger partial charge < -0.3 is 19.9 Å². The molecule has 0 radical (unpaired) electrons. The van der Waals surface area contributed by atoms with E-state index in [1.54, 1.807) is 13.2 Å². The van der Waals surface area contributed by atoms with Crippen LogP contribution in [0.25, 0.3) is 11.1 Å². The average molecular weight is 615 g/mol. The second kappa shape index (κ2) is 15.3. The quantitative estimate of drug-likeness (QED) is 0.320. The summed E-state index contributed by atoms with van der Waals surface area (Å²) >= 11 is 0. The first-order valence-corrected chi connectivity index (χ1v) is 17.3. The molecule has 9 nitrogen and oxygen atoms in total. The van der Waals surface area contributed by atoms with Crippen LogP contribution in [0.15, 0.2) is 42.5 Å². The molecule has 1 aliphatic heterocycles. The van der Waals surface area contributed by atoms with Gasteiger partial charge in [0.1, 0.15) is 15.9 Å². The van der Waals surface area contributed by atoms with Gasteiger partial charge in [-0.05, 0) is 72.9 Å². The minimum absolute atomic E-state index is 0.155. The van der Waals surface area contributed by atoms with Gasteiger partial charge in [-0.1, -0.05) is 49.6 Å². The predicted octanol–water partition coefficient (Wildman–Crippen LogP) is 4.47. The Bertz CT molecular complexity index is 1360. The summed E-state index contributed by atoms with van der Waals surface area (Å²) in [5.41, 5.74) is 3.92. The first-order chi connectivity index (χ1) is 20.5. The van der Waals surface area contributed by atoms with Gasteiger partial charge in [0.2, 0.25) is 0 Å². The Morgan fingerprint density at radius 3 is 2.49 bits per heavy atom. The molecule has 2 aliphatic rings. The van der Waals surface area contributed by atoms with Gasteiger partial charge in [0.05, 0.1) is 18.5 Å². The molecule has 1 aliphatic carbocycles. The van der Waals surface area contributed by atoms with Gasteiger partial charge in [-0.3, -0.25) is 9.69 Å². The van der Waals surface area contributed by atoms with Crippen molar-refractivity contribution in [2.24, 2.45) is 5.92 Å². The van der Waals surface area contributed by atoms with Crippen molar-refractivity contribution in [1.82, 2.24) is 10.2 Å². The molecule has 2 unspecified atom stereocenters. The number of hydrogen-bond donors (Lipinski definition) is 2. The molecule has 1 saturated carbocycles. The van der Waals surface area contributed by atoms with Crippen molar-refractivity contribution in [3.05, 3.63) is 59.2 Å². The van der Waals surface area contributed by atoms with Gasteiger partial charge in [-0.2, -0.15) is 0 Å². The second-order valence-electron chi connectivity index (χ2n) is 12.2. The van der Waals surface area contributed by atoms with Crippen LogP contribution in [0.5, 0.6) is 0 Å². The Kier molecular flexibility index (Phi) is 11.8. The molecular formula is C33H46N2O7S. The van der Waals surface area contributed by atoms with E-state index >= 15 is 0 Å². The summed E-state index contributed by atoms with van der Waals surface area (Å²) < 4.78 is 35.2. The van der Waals surface area contributed by atoms with Gasteiger partial charge in [-0.15, -0.1) is 0 Å². The summed E-state index contributed by atoms with van der Waals surface area (Å²) in [7, 11) is -1.67. The molecule has 0 spiro atoms. The van der Waals surface area contributed by atoms with Crippen LogP contribution >= 0.6 is 0 Å². The molecule has 2 aromatic rings. The fourth-order valence-corrected chi connectivity index (χ4v) is 6.95. The van der Waals surface area contributed by atoms with Crippen LogP contribution < -0.4 is 5.32 Å². The molecule has 2 fully saturated rings. The van der Waals surface area contributed by atoms with Crippen molar-refractivity contribution in [3.8, 4) is 11.1 Å². The minimum Gasteiger partial charge on any atom is -0.480 e. The van der Waals surface area contributed by atoms with E-state index in [1.807, 2.05) is 43.3 Å². The Hall–Kier alpha value is -2.79. The van der Waals surface area contributed by atoms with Crippen LogP contribution in [0.1, 0.15) is 66.4 Å². The molecule has 236 valence electrons. The molecule has 2 N–H and O–H groups in total. The lowest BCUT2D eigenvalue weighted by atomic mass is 9.90. The fourth-order valence-electron chi connectivity index (χ4n) is 6.29. The zero-order chi connectivity index (χ0) is 31.0. The maximum absolute atomic E-state index is 13.5. The van der Waals surface area contributed by atoms with E-state index in [2.05, 4.69) is 10.2 Å². The number of carbonyl (C=O) groups is 2. The first-order valence-electron chi connectivity index (χ1n) is 15.3. The van der Waals surface area contributed by atoms with E-state index in [1.165, 1.54) is 32.1 Å². The fraction of sp³-hybridized carbons (Fsp3) is 0.576. The van der Waals surface area contributed by atoms with Crippen LogP contribution in [-0.2, 0) is 30.7 Å². The summed E-state index contributed by atoms with van der Waals surface area (Å²) in [6, 6.07) is 12.3. The normalized spacial score (nSPS) is 20.6. The van der Waals surface area contributed by atoms with Crippen LogP contribution in [-0.4, -0.2) is 87.4 Å². The zero-order valence-electron chi connectivity index (χ0n) is 25.6. The lowest BCUT2D eigenvalue weighted by Crippen LogP contribution is -2.42. The minimum atomic E-state index is -3.39. The molecule has 3 atom stereocenters. The number of amides is 1. The number of ether oxygens (including phenoxy) is 2. The van der Waals surface area contributed by atoms with E-state index in [0.29, 0.717) is 30.2 Å². The smallest absolute Gasteiger partial charge is 0.326 e. The second-order valence-corrected chi connectivity index (χ2v) is 14.5. The summed E-state index contributed by atoms with van der Waals surface area (Å²) in [4.78, 5) is 27.7. The van der Waals surface area contributed by atoms with Crippen molar-refractivity contribution in [2.75, 3.05) is 38.9 Å². The van der Waals surface area contributed by atoms with Crippen LogP contribution in [0, 0.1) is 12.8 Å². The number of nitrogens with zero attached hydrogens (tertiary/aromatic N) is 1. The van der Waals surface area contributed by atoms with Gasteiger partial charge in [-0.25, -0.2) is 13.2 Å². The Morgan fingerprint density at radius 2 is 1.81 bits per heavy atom. The highest BCUT2D eigenvalue weighted by Gasteiger charge is 2.33. The number of aliphatic carboxylic acids is 1. The van der Waals surface area contributed by atoms with Gasteiger partial charge in [0, 0.05) is 44.7 Å². The number of sulfone groups is 1. The molecule has 1 heterocycles. The van der Waals surface area contributed by atoms with E-state index < -0.39 is 27.8 Å². The number of likely N-dealkylation sites (tertiary alicyclic amines) is 1. The SMILES string of the molecule is COC[C@@H]1CC(OCC2CCCCC2)CN1Cc1ccc(C(=O)NC(CCS(C)(=O)=O)C(=O)O)c(-c2ccccc2C)c1. The maximum atomic E-state index is 13.5. The highest BCUT2D eigenvalue weighted by molar-refractivity contribution is 7.90. The number of aryl methyl sites for hydroxylation is 1. The van der Waals surface area contributed by atoms with Crippen molar-refractivity contribution >= 4 is 21.7 Å². The summed E-state index contributed by atoms with van der Waals surface area (Å²) in [5, 5.41) is 12.2. The summed E-state index contributed by atoms with van der Waals surface area (Å²) in [6.07, 6.45) is 8.34. The number of carbonyl (C=O) groups excluding carboxylic acids is 1. The third kappa shape index (κ3) is 9.60. The number of carboxylic acid groups (broad SMARTS) is 1. The van der Waals surface area contributed by atoms with Crippen molar-refractivity contribution in [1.29, 1.82) is 0 Å². The molecule has 1 saturated heterocycles. The van der Waals surface area contributed by atoms with E-state index in [9.17, 15) is 23.1 Å². The third-order valence-electron chi connectivity index (χ3n) is 8.67.